The van der Waals surface area contributed by atoms with Gasteiger partial charge >= 0.3 is 0 Å². The predicted octanol–water partition coefficient (Wildman–Crippen LogP) is -0.683. The van der Waals surface area contributed by atoms with Gasteiger partial charge in [-0.25, -0.2) is 0 Å². The van der Waals surface area contributed by atoms with E-state index in [0.29, 0.717) is 25.4 Å². The molecule has 0 aromatic carbocycles. The second kappa shape index (κ2) is 3.27. The van der Waals surface area contributed by atoms with Crippen molar-refractivity contribution < 1.29 is 9.90 Å². The van der Waals surface area contributed by atoms with Crippen LogP contribution < -0.4 is 5.73 Å². The van der Waals surface area contributed by atoms with E-state index in [-0.39, 0.29) is 18.1 Å². The van der Waals surface area contributed by atoms with Gasteiger partial charge in [0.15, 0.2) is 0 Å². The van der Waals surface area contributed by atoms with Crippen molar-refractivity contribution in [1.29, 1.82) is 0 Å². The van der Waals surface area contributed by atoms with Gasteiger partial charge < -0.3 is 15.7 Å². The van der Waals surface area contributed by atoms with E-state index in [1.165, 1.54) is 0 Å². The van der Waals surface area contributed by atoms with Crippen LogP contribution in [0.4, 0.5) is 0 Å². The van der Waals surface area contributed by atoms with Gasteiger partial charge in [-0.1, -0.05) is 0 Å². The summed E-state index contributed by atoms with van der Waals surface area (Å²) in [5.41, 5.74) is 5.77. The molecule has 2 rings (SSSR count). The lowest BCUT2D eigenvalue weighted by atomic mass is 10.2. The van der Waals surface area contributed by atoms with Crippen LogP contribution in [0.2, 0.25) is 0 Å². The van der Waals surface area contributed by atoms with Crippen molar-refractivity contribution in [2.24, 2.45) is 11.7 Å². The second-order valence-corrected chi connectivity index (χ2v) is 4.09. The van der Waals surface area contributed by atoms with E-state index in [1.807, 2.05) is 0 Å². The molecule has 74 valence electrons. The predicted molar refractivity (Wildman–Crippen MR) is 47.9 cm³/mol. The summed E-state index contributed by atoms with van der Waals surface area (Å²) in [6, 6.07) is -0.315. The molecule has 2 aliphatic rings. The summed E-state index contributed by atoms with van der Waals surface area (Å²) < 4.78 is 0. The molecule has 0 bridgehead atoms. The van der Waals surface area contributed by atoms with E-state index in [0.717, 1.165) is 12.8 Å². The normalized spacial score (nSPS) is 30.6. The number of amides is 1. The first kappa shape index (κ1) is 8.97. The van der Waals surface area contributed by atoms with Crippen LogP contribution in [-0.4, -0.2) is 41.1 Å². The van der Waals surface area contributed by atoms with Crippen molar-refractivity contribution >= 4 is 5.91 Å². The van der Waals surface area contributed by atoms with Crippen LogP contribution in [0.5, 0.6) is 0 Å². The molecular weight excluding hydrogens is 168 g/mol. The van der Waals surface area contributed by atoms with Crippen LogP contribution in [0.15, 0.2) is 0 Å². The number of likely N-dealkylation sites (tertiary alicyclic amines) is 1. The lowest BCUT2D eigenvalue weighted by Crippen LogP contribution is -2.44. The van der Waals surface area contributed by atoms with Crippen LogP contribution in [-0.2, 0) is 4.79 Å². The van der Waals surface area contributed by atoms with Crippen LogP contribution in [0, 0.1) is 5.92 Å². The highest BCUT2D eigenvalue weighted by Gasteiger charge is 2.37. The molecule has 0 spiro atoms. The molecule has 0 aromatic heterocycles. The van der Waals surface area contributed by atoms with E-state index in [4.69, 9.17) is 5.73 Å². The first-order valence-corrected chi connectivity index (χ1v) is 4.91. The fraction of sp³-hybridized carbons (Fsp3) is 0.889. The van der Waals surface area contributed by atoms with Crippen molar-refractivity contribution in [2.75, 3.05) is 13.1 Å². The molecule has 1 saturated heterocycles. The minimum absolute atomic E-state index is 0.0269. The largest absolute Gasteiger partial charge is 0.391 e. The van der Waals surface area contributed by atoms with Crippen molar-refractivity contribution in [1.82, 2.24) is 4.90 Å². The standard InChI is InChI=1S/C9H16N2O2/c10-8(6-1-2-6)9(13)11-4-3-7(12)5-11/h6-8,12H,1-5,10H2/t7-,8?/m1/s1. The highest BCUT2D eigenvalue weighted by atomic mass is 16.3. The van der Waals surface area contributed by atoms with Crippen molar-refractivity contribution in [2.45, 2.75) is 31.4 Å². The van der Waals surface area contributed by atoms with Crippen molar-refractivity contribution in [3.8, 4) is 0 Å². The van der Waals surface area contributed by atoms with Gasteiger partial charge in [-0.2, -0.15) is 0 Å². The first-order chi connectivity index (χ1) is 6.18. The smallest absolute Gasteiger partial charge is 0.239 e. The minimum Gasteiger partial charge on any atom is -0.391 e. The van der Waals surface area contributed by atoms with Gasteiger partial charge in [0.1, 0.15) is 0 Å². The average Bonchev–Trinajstić information content (AvgIpc) is 2.87. The molecule has 3 N–H and O–H groups in total. The molecule has 13 heavy (non-hydrogen) atoms. The zero-order valence-electron chi connectivity index (χ0n) is 7.65. The molecule has 1 heterocycles. The summed E-state index contributed by atoms with van der Waals surface area (Å²) in [5.74, 6) is 0.435. The van der Waals surface area contributed by atoms with Crippen LogP contribution in [0.1, 0.15) is 19.3 Å². The maximum Gasteiger partial charge on any atom is 0.239 e. The van der Waals surface area contributed by atoms with Crippen molar-refractivity contribution in [3.63, 3.8) is 0 Å². The zero-order chi connectivity index (χ0) is 9.42. The Bertz CT molecular complexity index is 216. The average molecular weight is 184 g/mol. The first-order valence-electron chi connectivity index (χ1n) is 4.91. The quantitative estimate of drug-likeness (QED) is 0.597. The SMILES string of the molecule is NC(C(=O)N1CC[C@@H](O)C1)C1CC1. The molecule has 1 amide bonds. The third-order valence-corrected chi connectivity index (χ3v) is 2.89. The van der Waals surface area contributed by atoms with E-state index in [2.05, 4.69) is 0 Å². The molecule has 4 nitrogen and oxygen atoms in total. The summed E-state index contributed by atoms with van der Waals surface area (Å²) >= 11 is 0. The number of carbonyl (C=O) groups is 1. The summed E-state index contributed by atoms with van der Waals surface area (Å²) in [6.45, 7) is 1.14. The molecule has 1 aliphatic carbocycles. The van der Waals surface area contributed by atoms with Crippen LogP contribution in [0.3, 0.4) is 0 Å². The van der Waals surface area contributed by atoms with E-state index >= 15 is 0 Å². The number of nitrogens with two attached hydrogens (primary N) is 1. The Kier molecular flexibility index (Phi) is 2.26. The number of hydrogen-bond donors (Lipinski definition) is 2. The van der Waals surface area contributed by atoms with E-state index in [1.54, 1.807) is 4.90 Å². The highest BCUT2D eigenvalue weighted by Crippen LogP contribution is 2.32. The Morgan fingerprint density at radius 3 is 2.62 bits per heavy atom. The number of aliphatic hydroxyl groups excluding tert-OH is 1. The van der Waals surface area contributed by atoms with Gasteiger partial charge in [-0.15, -0.1) is 0 Å². The summed E-state index contributed by atoms with van der Waals surface area (Å²) in [5, 5.41) is 9.25. The molecule has 1 aliphatic heterocycles. The number of hydrogen-bond acceptors (Lipinski definition) is 3. The van der Waals surface area contributed by atoms with Crippen molar-refractivity contribution in [3.05, 3.63) is 0 Å². The van der Waals surface area contributed by atoms with Crippen LogP contribution in [0.25, 0.3) is 0 Å². The number of β-amino-alcohol motifs (C(OH)–C–C–N with tert-alkyl or cyclic N) is 1. The molecule has 2 atom stereocenters. The summed E-state index contributed by atoms with van der Waals surface area (Å²) in [4.78, 5) is 13.4. The number of nitrogens with zero attached hydrogens (tertiary/aromatic N) is 1. The Morgan fingerprint density at radius 2 is 2.15 bits per heavy atom. The number of rotatable bonds is 2. The molecule has 1 saturated carbocycles. The van der Waals surface area contributed by atoms with Gasteiger partial charge in [-0.3, -0.25) is 4.79 Å². The van der Waals surface area contributed by atoms with E-state index < -0.39 is 0 Å². The fourth-order valence-corrected chi connectivity index (χ4v) is 1.81. The molecule has 0 aromatic rings. The number of aliphatic hydroxyl groups is 1. The van der Waals surface area contributed by atoms with E-state index in [9.17, 15) is 9.90 Å². The zero-order valence-corrected chi connectivity index (χ0v) is 7.65. The second-order valence-electron chi connectivity index (χ2n) is 4.09. The fourth-order valence-electron chi connectivity index (χ4n) is 1.81. The Hall–Kier alpha value is -0.610. The monoisotopic (exact) mass is 184 g/mol. The Labute approximate surface area is 77.7 Å². The molecule has 2 fully saturated rings. The summed E-state index contributed by atoms with van der Waals surface area (Å²) in [7, 11) is 0. The summed E-state index contributed by atoms with van der Waals surface area (Å²) in [6.07, 6.45) is 2.53. The van der Waals surface area contributed by atoms with Crippen LogP contribution >= 0.6 is 0 Å². The number of carbonyl (C=O) groups excluding carboxylic acids is 1. The third kappa shape index (κ3) is 1.84. The minimum atomic E-state index is -0.338. The molecule has 4 heteroatoms. The molecular formula is C9H16N2O2. The van der Waals surface area contributed by atoms with Gasteiger partial charge in [0.2, 0.25) is 5.91 Å². The van der Waals surface area contributed by atoms with Gasteiger partial charge in [0.25, 0.3) is 0 Å². The molecule has 0 radical (unpaired) electrons. The third-order valence-electron chi connectivity index (χ3n) is 2.89. The Morgan fingerprint density at radius 1 is 1.46 bits per heavy atom. The lowest BCUT2D eigenvalue weighted by Gasteiger charge is -2.19. The maximum atomic E-state index is 11.7. The Balaban J connectivity index is 1.88. The van der Waals surface area contributed by atoms with Gasteiger partial charge in [0.05, 0.1) is 12.1 Å². The lowest BCUT2D eigenvalue weighted by molar-refractivity contribution is -0.132. The van der Waals surface area contributed by atoms with Gasteiger partial charge in [-0.05, 0) is 25.2 Å². The molecule has 1 unspecified atom stereocenters. The highest BCUT2D eigenvalue weighted by molar-refractivity contribution is 5.82. The van der Waals surface area contributed by atoms with Gasteiger partial charge in [0, 0.05) is 13.1 Å². The topological polar surface area (TPSA) is 66.6 Å². The maximum absolute atomic E-state index is 11.7.